The summed E-state index contributed by atoms with van der Waals surface area (Å²) in [7, 11) is 0. The van der Waals surface area contributed by atoms with Crippen LogP contribution in [-0.2, 0) is 11.2 Å². The summed E-state index contributed by atoms with van der Waals surface area (Å²) >= 11 is 0. The molecule has 2 heterocycles. The second-order valence-corrected chi connectivity index (χ2v) is 6.27. The number of rotatable bonds is 6. The topological polar surface area (TPSA) is 47.3 Å². The molecule has 0 radical (unpaired) electrons. The summed E-state index contributed by atoms with van der Waals surface area (Å²) in [6.45, 7) is 6.90. The van der Waals surface area contributed by atoms with Crippen molar-refractivity contribution >= 4 is 0 Å². The molecular formula is C17H22N2O2. The van der Waals surface area contributed by atoms with E-state index in [9.17, 15) is 0 Å². The molecule has 1 aromatic heterocycles. The molecule has 21 heavy (non-hydrogen) atoms. The second-order valence-electron chi connectivity index (χ2n) is 6.27. The summed E-state index contributed by atoms with van der Waals surface area (Å²) in [5, 5.41) is 7.84. The van der Waals surface area contributed by atoms with Gasteiger partial charge in [-0.1, -0.05) is 49.3 Å². The van der Waals surface area contributed by atoms with Gasteiger partial charge in [-0.05, 0) is 12.5 Å². The Labute approximate surface area is 125 Å². The van der Waals surface area contributed by atoms with Gasteiger partial charge in [0.1, 0.15) is 0 Å². The lowest BCUT2D eigenvalue weighted by Crippen LogP contribution is -2.62. The Kier molecular flexibility index (Phi) is 4.08. The van der Waals surface area contributed by atoms with Gasteiger partial charge in [-0.15, -0.1) is 0 Å². The van der Waals surface area contributed by atoms with Gasteiger partial charge in [0.05, 0.1) is 24.4 Å². The molecule has 0 bridgehead atoms. The first-order chi connectivity index (χ1) is 10.2. The molecule has 2 aromatic rings. The zero-order chi connectivity index (χ0) is 14.7. The van der Waals surface area contributed by atoms with Crippen molar-refractivity contribution < 1.29 is 9.26 Å². The maximum atomic E-state index is 5.47. The van der Waals surface area contributed by atoms with Crippen molar-refractivity contribution in [3.8, 4) is 11.3 Å². The van der Waals surface area contributed by atoms with E-state index in [-0.39, 0.29) is 5.54 Å². The summed E-state index contributed by atoms with van der Waals surface area (Å²) in [6, 6.07) is 12.1. The summed E-state index contributed by atoms with van der Waals surface area (Å²) in [5.41, 5.74) is 2.06. The molecule has 1 saturated heterocycles. The molecule has 3 rings (SSSR count). The van der Waals surface area contributed by atoms with E-state index in [0.717, 1.165) is 43.2 Å². The van der Waals surface area contributed by atoms with Gasteiger partial charge in [0.25, 0.3) is 0 Å². The number of benzene rings is 1. The number of hydrogen-bond donors (Lipinski definition) is 1. The van der Waals surface area contributed by atoms with Crippen LogP contribution in [0.1, 0.15) is 19.5 Å². The van der Waals surface area contributed by atoms with Gasteiger partial charge >= 0.3 is 0 Å². The van der Waals surface area contributed by atoms with Gasteiger partial charge < -0.3 is 14.6 Å². The lowest BCUT2D eigenvalue weighted by atomic mass is 9.90. The summed E-state index contributed by atoms with van der Waals surface area (Å²) in [5.74, 6) is 1.45. The van der Waals surface area contributed by atoms with Crippen molar-refractivity contribution in [2.45, 2.75) is 25.8 Å². The first-order valence-corrected chi connectivity index (χ1v) is 7.51. The third-order valence-electron chi connectivity index (χ3n) is 3.78. The van der Waals surface area contributed by atoms with Crippen LogP contribution in [0.3, 0.4) is 0 Å². The molecule has 112 valence electrons. The minimum absolute atomic E-state index is 0.0229. The van der Waals surface area contributed by atoms with E-state index in [1.165, 1.54) is 0 Å². The van der Waals surface area contributed by atoms with E-state index >= 15 is 0 Å². The molecule has 0 aliphatic carbocycles. The average Bonchev–Trinajstić information content (AvgIpc) is 2.91. The van der Waals surface area contributed by atoms with Crippen LogP contribution in [0.2, 0.25) is 0 Å². The lowest BCUT2D eigenvalue weighted by Gasteiger charge is -2.42. The van der Waals surface area contributed by atoms with Crippen molar-refractivity contribution in [2.24, 2.45) is 5.92 Å². The number of nitrogens with one attached hydrogen (secondary N) is 1. The molecule has 0 unspecified atom stereocenters. The summed E-state index contributed by atoms with van der Waals surface area (Å²) in [4.78, 5) is 0. The van der Waals surface area contributed by atoms with Gasteiger partial charge in [0, 0.05) is 18.1 Å². The van der Waals surface area contributed by atoms with Crippen LogP contribution in [0.5, 0.6) is 0 Å². The average molecular weight is 286 g/mol. The van der Waals surface area contributed by atoms with E-state index in [2.05, 4.69) is 24.3 Å². The molecule has 4 nitrogen and oxygen atoms in total. The van der Waals surface area contributed by atoms with E-state index in [4.69, 9.17) is 9.26 Å². The van der Waals surface area contributed by atoms with Crippen LogP contribution in [0.4, 0.5) is 0 Å². The molecule has 1 aliphatic rings. The van der Waals surface area contributed by atoms with Crippen molar-refractivity contribution in [1.82, 2.24) is 10.5 Å². The Hall–Kier alpha value is -1.65. The van der Waals surface area contributed by atoms with E-state index < -0.39 is 0 Å². The van der Waals surface area contributed by atoms with Crippen LogP contribution in [0, 0.1) is 5.92 Å². The molecule has 4 heteroatoms. The molecule has 0 saturated carbocycles. The monoisotopic (exact) mass is 286 g/mol. The lowest BCUT2D eigenvalue weighted by molar-refractivity contribution is -0.0755. The van der Waals surface area contributed by atoms with Gasteiger partial charge in [0.2, 0.25) is 0 Å². The minimum Gasteiger partial charge on any atom is -0.377 e. The Morgan fingerprint density at radius 1 is 1.24 bits per heavy atom. The second kappa shape index (κ2) is 6.00. The zero-order valence-electron chi connectivity index (χ0n) is 12.6. The SMILES string of the molecule is CC(C)CNC1(Cc2cc(-c3ccccc3)on2)COC1. The van der Waals surface area contributed by atoms with E-state index in [1.54, 1.807) is 0 Å². The molecule has 0 spiro atoms. The number of ether oxygens (including phenoxy) is 1. The van der Waals surface area contributed by atoms with Crippen LogP contribution in [0.25, 0.3) is 11.3 Å². The predicted octanol–water partition coefficient (Wildman–Crippen LogP) is 2.90. The van der Waals surface area contributed by atoms with Gasteiger partial charge in [0.15, 0.2) is 5.76 Å². The molecule has 0 amide bonds. The molecule has 1 aromatic carbocycles. The smallest absolute Gasteiger partial charge is 0.167 e. The Morgan fingerprint density at radius 3 is 2.62 bits per heavy atom. The number of nitrogens with zero attached hydrogens (tertiary/aromatic N) is 1. The molecule has 1 aliphatic heterocycles. The van der Waals surface area contributed by atoms with E-state index in [0.29, 0.717) is 5.92 Å². The molecular weight excluding hydrogens is 264 g/mol. The fourth-order valence-corrected chi connectivity index (χ4v) is 2.52. The first-order valence-electron chi connectivity index (χ1n) is 7.51. The van der Waals surface area contributed by atoms with Gasteiger partial charge in [-0.25, -0.2) is 0 Å². The summed E-state index contributed by atoms with van der Waals surface area (Å²) in [6.07, 6.45) is 0.843. The van der Waals surface area contributed by atoms with Crippen molar-refractivity contribution in [1.29, 1.82) is 0 Å². The minimum atomic E-state index is 0.0229. The standard InChI is InChI=1S/C17H22N2O2/c1-13(2)10-18-17(11-20-12-17)9-15-8-16(21-19-15)14-6-4-3-5-7-14/h3-8,13,18H,9-12H2,1-2H3. The van der Waals surface area contributed by atoms with Gasteiger partial charge in [-0.3, -0.25) is 0 Å². The molecule has 1 N–H and O–H groups in total. The highest BCUT2D eigenvalue weighted by Crippen LogP contribution is 2.25. The van der Waals surface area contributed by atoms with Gasteiger partial charge in [-0.2, -0.15) is 0 Å². The maximum Gasteiger partial charge on any atom is 0.167 e. The number of hydrogen-bond acceptors (Lipinski definition) is 4. The third kappa shape index (κ3) is 3.34. The van der Waals surface area contributed by atoms with Crippen molar-refractivity contribution in [2.75, 3.05) is 19.8 Å². The first kappa shape index (κ1) is 14.3. The van der Waals surface area contributed by atoms with Crippen LogP contribution < -0.4 is 5.32 Å². The van der Waals surface area contributed by atoms with E-state index in [1.807, 2.05) is 36.4 Å². The maximum absolute atomic E-state index is 5.47. The fourth-order valence-electron chi connectivity index (χ4n) is 2.52. The van der Waals surface area contributed by atoms with Crippen molar-refractivity contribution in [3.63, 3.8) is 0 Å². The van der Waals surface area contributed by atoms with Crippen LogP contribution in [0.15, 0.2) is 40.9 Å². The van der Waals surface area contributed by atoms with Crippen LogP contribution >= 0.6 is 0 Å². The van der Waals surface area contributed by atoms with Crippen molar-refractivity contribution in [3.05, 3.63) is 42.1 Å². The quantitative estimate of drug-likeness (QED) is 0.887. The highest BCUT2D eigenvalue weighted by atomic mass is 16.5. The number of aromatic nitrogens is 1. The Bertz CT molecular complexity index is 573. The fraction of sp³-hybridized carbons (Fsp3) is 0.471. The Morgan fingerprint density at radius 2 is 2.00 bits per heavy atom. The normalized spacial score (nSPS) is 16.9. The van der Waals surface area contributed by atoms with Crippen LogP contribution in [-0.4, -0.2) is 30.5 Å². The Balaban J connectivity index is 1.69. The highest BCUT2D eigenvalue weighted by Gasteiger charge is 2.39. The molecule has 1 fully saturated rings. The largest absolute Gasteiger partial charge is 0.377 e. The summed E-state index contributed by atoms with van der Waals surface area (Å²) < 4.78 is 10.9. The zero-order valence-corrected chi connectivity index (χ0v) is 12.6. The highest BCUT2D eigenvalue weighted by molar-refractivity contribution is 5.56. The molecule has 0 atom stereocenters. The predicted molar refractivity (Wildman–Crippen MR) is 82.0 cm³/mol. The third-order valence-corrected chi connectivity index (χ3v) is 3.78.